The molecule has 0 bridgehead atoms. The topological polar surface area (TPSA) is 43.1 Å². The molecule has 1 amide bonds. The van der Waals surface area contributed by atoms with Crippen LogP contribution in [0.4, 0.5) is 0 Å². The molecule has 0 radical (unpaired) electrons. The molecule has 2 nitrogen and oxygen atoms in total. The fraction of sp³-hybridized carbons (Fsp3) is 0.444. The minimum absolute atomic E-state index is 0.385. The Morgan fingerprint density at radius 2 is 2.18 bits per heavy atom. The van der Waals surface area contributed by atoms with E-state index in [-0.39, 0.29) is 0 Å². The van der Waals surface area contributed by atoms with Crippen molar-refractivity contribution in [2.45, 2.75) is 26.7 Å². The lowest BCUT2D eigenvalue weighted by atomic mass is 10.1. The van der Waals surface area contributed by atoms with Gasteiger partial charge in [0.2, 0.25) is 5.91 Å². The molecule has 0 spiro atoms. The van der Waals surface area contributed by atoms with E-state index in [1.165, 1.54) is 0 Å². The number of hydrogen-bond donors (Lipinski definition) is 1. The lowest BCUT2D eigenvalue weighted by molar-refractivity contribution is -0.114. The molecule has 0 aromatic rings. The molecule has 0 saturated heterocycles. The van der Waals surface area contributed by atoms with E-state index < -0.39 is 5.91 Å². The molecule has 0 aliphatic carbocycles. The average molecular weight is 153 g/mol. The largest absolute Gasteiger partial charge is 0.366 e. The molecule has 0 fully saturated rings. The van der Waals surface area contributed by atoms with Crippen molar-refractivity contribution in [2.75, 3.05) is 0 Å². The van der Waals surface area contributed by atoms with Crippen molar-refractivity contribution in [3.63, 3.8) is 0 Å². The van der Waals surface area contributed by atoms with Crippen LogP contribution >= 0.6 is 0 Å². The Kier molecular flexibility index (Phi) is 4.27. The summed E-state index contributed by atoms with van der Waals surface area (Å²) >= 11 is 0. The maximum atomic E-state index is 10.5. The second kappa shape index (κ2) is 4.72. The van der Waals surface area contributed by atoms with Crippen LogP contribution in [0.5, 0.6) is 0 Å². The molecular formula is C9H15NO. The van der Waals surface area contributed by atoms with E-state index in [1.54, 1.807) is 6.08 Å². The Bertz CT molecular complexity index is 192. The summed E-state index contributed by atoms with van der Waals surface area (Å²) in [5.74, 6) is -0.444. The van der Waals surface area contributed by atoms with Gasteiger partial charge in [-0.05, 0) is 13.3 Å². The summed E-state index contributed by atoms with van der Waals surface area (Å²) < 4.78 is 0. The highest BCUT2D eigenvalue weighted by atomic mass is 16.1. The van der Waals surface area contributed by atoms with E-state index in [4.69, 9.17) is 5.73 Å². The zero-order valence-electron chi connectivity index (χ0n) is 7.18. The first kappa shape index (κ1) is 9.95. The Morgan fingerprint density at radius 3 is 2.55 bits per heavy atom. The smallest absolute Gasteiger partial charge is 0.248 e. The number of nitrogens with two attached hydrogens (primary N) is 1. The number of carbonyl (C=O) groups excluding carboxylic acids is 1. The molecule has 2 heteroatoms. The van der Waals surface area contributed by atoms with Gasteiger partial charge in [0.15, 0.2) is 0 Å². The molecule has 0 heterocycles. The van der Waals surface area contributed by atoms with Crippen molar-refractivity contribution in [2.24, 2.45) is 5.73 Å². The van der Waals surface area contributed by atoms with Gasteiger partial charge in [-0.15, -0.1) is 0 Å². The fourth-order valence-electron chi connectivity index (χ4n) is 0.835. The van der Waals surface area contributed by atoms with E-state index >= 15 is 0 Å². The van der Waals surface area contributed by atoms with E-state index in [0.29, 0.717) is 5.57 Å². The summed E-state index contributed by atoms with van der Waals surface area (Å²) in [5, 5.41) is 0. The van der Waals surface area contributed by atoms with Crippen molar-refractivity contribution in [3.05, 3.63) is 23.8 Å². The van der Waals surface area contributed by atoms with Crippen LogP contribution in [0.2, 0.25) is 0 Å². The van der Waals surface area contributed by atoms with Gasteiger partial charge in [-0.25, -0.2) is 0 Å². The normalized spacial score (nSPS) is 11.3. The van der Waals surface area contributed by atoms with E-state index in [1.807, 2.05) is 6.92 Å². The highest BCUT2D eigenvalue weighted by Crippen LogP contribution is 2.05. The summed E-state index contributed by atoms with van der Waals surface area (Å²) in [6, 6.07) is 0. The summed E-state index contributed by atoms with van der Waals surface area (Å²) in [6.45, 7) is 7.58. The molecule has 0 aromatic heterocycles. The summed E-state index contributed by atoms with van der Waals surface area (Å²) in [4.78, 5) is 10.5. The molecule has 2 N–H and O–H groups in total. The third-order valence-electron chi connectivity index (χ3n) is 1.38. The van der Waals surface area contributed by atoms with Crippen LogP contribution in [0.15, 0.2) is 23.8 Å². The summed E-state index contributed by atoms with van der Waals surface area (Å²) in [7, 11) is 0. The maximum Gasteiger partial charge on any atom is 0.248 e. The molecule has 0 aromatic carbocycles. The molecule has 0 saturated carbocycles. The molecule has 62 valence electrons. The molecular weight excluding hydrogens is 138 g/mol. The van der Waals surface area contributed by atoms with Gasteiger partial charge in [-0.1, -0.05) is 31.6 Å². The van der Waals surface area contributed by atoms with Crippen LogP contribution in [-0.2, 0) is 4.79 Å². The van der Waals surface area contributed by atoms with Crippen LogP contribution < -0.4 is 5.73 Å². The summed E-state index contributed by atoms with van der Waals surface area (Å²) in [5.41, 5.74) is 6.53. The van der Waals surface area contributed by atoms with Gasteiger partial charge < -0.3 is 5.73 Å². The molecule has 0 aliphatic rings. The van der Waals surface area contributed by atoms with Gasteiger partial charge in [0, 0.05) is 5.57 Å². The fourth-order valence-corrected chi connectivity index (χ4v) is 0.835. The maximum absolute atomic E-state index is 10.5. The predicted octanol–water partition coefficient (Wildman–Crippen LogP) is 1.77. The number of amides is 1. The van der Waals surface area contributed by atoms with Crippen molar-refractivity contribution < 1.29 is 4.79 Å². The third kappa shape index (κ3) is 4.37. The van der Waals surface area contributed by atoms with Gasteiger partial charge in [0.25, 0.3) is 0 Å². The van der Waals surface area contributed by atoms with Crippen molar-refractivity contribution in [1.82, 2.24) is 0 Å². The molecule has 11 heavy (non-hydrogen) atoms. The minimum Gasteiger partial charge on any atom is -0.366 e. The van der Waals surface area contributed by atoms with E-state index in [9.17, 15) is 4.79 Å². The average Bonchev–Trinajstić information content (AvgIpc) is 1.87. The van der Waals surface area contributed by atoms with Crippen molar-refractivity contribution in [1.29, 1.82) is 0 Å². The van der Waals surface area contributed by atoms with Crippen LogP contribution in [0.3, 0.4) is 0 Å². The standard InChI is InChI=1S/C9H15NO/c1-4-5-7(2)6-8(3)9(10)11/h6H,3-5H2,1-2H3,(H2,10,11)/b7-6+. The Morgan fingerprint density at radius 1 is 1.64 bits per heavy atom. The SMILES string of the molecule is C=C(/C=C(\C)CCC)C(N)=O. The Labute approximate surface area is 67.8 Å². The van der Waals surface area contributed by atoms with Gasteiger partial charge >= 0.3 is 0 Å². The van der Waals surface area contributed by atoms with Gasteiger partial charge in [-0.2, -0.15) is 0 Å². The number of primary amides is 1. The first-order chi connectivity index (χ1) is 5.07. The van der Waals surface area contributed by atoms with Gasteiger partial charge in [0.1, 0.15) is 0 Å². The van der Waals surface area contributed by atoms with Crippen molar-refractivity contribution in [3.8, 4) is 0 Å². The zero-order chi connectivity index (χ0) is 8.85. The Hall–Kier alpha value is -1.05. The van der Waals surface area contributed by atoms with Crippen molar-refractivity contribution >= 4 is 5.91 Å². The van der Waals surface area contributed by atoms with Crippen LogP contribution in [-0.4, -0.2) is 5.91 Å². The van der Waals surface area contributed by atoms with Gasteiger partial charge in [-0.3, -0.25) is 4.79 Å². The van der Waals surface area contributed by atoms with Crippen LogP contribution in [0.1, 0.15) is 26.7 Å². The lowest BCUT2D eigenvalue weighted by Crippen LogP contribution is -2.11. The third-order valence-corrected chi connectivity index (χ3v) is 1.38. The molecule has 0 atom stereocenters. The number of carbonyl (C=O) groups is 1. The second-order valence-electron chi connectivity index (χ2n) is 2.63. The number of rotatable bonds is 4. The second-order valence-corrected chi connectivity index (χ2v) is 2.63. The number of allylic oxidation sites excluding steroid dienone is 1. The first-order valence-electron chi connectivity index (χ1n) is 3.73. The van der Waals surface area contributed by atoms with Crippen LogP contribution in [0.25, 0.3) is 0 Å². The molecule has 0 rings (SSSR count). The van der Waals surface area contributed by atoms with E-state index in [2.05, 4.69) is 13.5 Å². The quantitative estimate of drug-likeness (QED) is 0.485. The monoisotopic (exact) mass is 153 g/mol. The van der Waals surface area contributed by atoms with Crippen LogP contribution in [0, 0.1) is 0 Å². The Balaban J connectivity index is 4.08. The lowest BCUT2D eigenvalue weighted by Gasteiger charge is -1.97. The number of hydrogen-bond acceptors (Lipinski definition) is 1. The van der Waals surface area contributed by atoms with E-state index in [0.717, 1.165) is 18.4 Å². The summed E-state index contributed by atoms with van der Waals surface area (Å²) in [6.07, 6.45) is 3.81. The minimum atomic E-state index is -0.444. The molecule has 0 unspecified atom stereocenters. The predicted molar refractivity (Wildman–Crippen MR) is 47.0 cm³/mol. The van der Waals surface area contributed by atoms with Gasteiger partial charge in [0.05, 0.1) is 0 Å². The highest BCUT2D eigenvalue weighted by Gasteiger charge is 1.96. The molecule has 0 aliphatic heterocycles. The first-order valence-corrected chi connectivity index (χ1v) is 3.73. The zero-order valence-corrected chi connectivity index (χ0v) is 7.18. The highest BCUT2D eigenvalue weighted by molar-refractivity contribution is 5.94.